The van der Waals surface area contributed by atoms with Crippen LogP contribution in [-0.4, -0.2) is 54.5 Å². The first kappa shape index (κ1) is 21.5. The van der Waals surface area contributed by atoms with Gasteiger partial charge in [0, 0.05) is 18.8 Å². The van der Waals surface area contributed by atoms with Crippen molar-refractivity contribution in [2.75, 3.05) is 31.6 Å². The number of benzene rings is 2. The van der Waals surface area contributed by atoms with Crippen LogP contribution in [0.2, 0.25) is 0 Å². The highest BCUT2D eigenvalue weighted by Gasteiger charge is 2.28. The van der Waals surface area contributed by atoms with E-state index in [1.165, 1.54) is 10.4 Å². The highest BCUT2D eigenvalue weighted by Crippen LogP contribution is 2.25. The number of anilines is 1. The lowest BCUT2D eigenvalue weighted by atomic mass is 10.1. The number of amides is 1. The van der Waals surface area contributed by atoms with Crippen LogP contribution < -0.4 is 5.32 Å². The molecular weight excluding hydrogens is 416 g/mol. The Hall–Kier alpha value is -2.75. The van der Waals surface area contributed by atoms with Crippen molar-refractivity contribution < 1.29 is 17.9 Å². The molecule has 1 fully saturated rings. The van der Waals surface area contributed by atoms with Gasteiger partial charge in [0.05, 0.1) is 35.5 Å². The molecule has 164 valence electrons. The van der Waals surface area contributed by atoms with E-state index in [9.17, 15) is 13.2 Å². The number of fused-ring (bicyclic) bond motifs is 1. The summed E-state index contributed by atoms with van der Waals surface area (Å²) in [6, 6.07) is 8.97. The second-order valence-corrected chi connectivity index (χ2v) is 9.75. The van der Waals surface area contributed by atoms with Crippen molar-refractivity contribution in [3.05, 3.63) is 53.3 Å². The van der Waals surface area contributed by atoms with Crippen LogP contribution in [0.15, 0.2) is 41.6 Å². The molecule has 0 unspecified atom stereocenters. The Balaban J connectivity index is 1.54. The molecule has 0 aliphatic carbocycles. The number of nitrogens with zero attached hydrogens (tertiary/aromatic N) is 3. The summed E-state index contributed by atoms with van der Waals surface area (Å²) in [5.41, 5.74) is 5.08. The minimum absolute atomic E-state index is 0.0818. The number of nitrogens with one attached hydrogen (secondary N) is 1. The Morgan fingerprint density at radius 1 is 1.06 bits per heavy atom. The third-order valence-corrected chi connectivity index (χ3v) is 7.65. The fourth-order valence-corrected chi connectivity index (χ4v) is 5.34. The van der Waals surface area contributed by atoms with Crippen molar-refractivity contribution in [3.63, 3.8) is 0 Å². The second-order valence-electron chi connectivity index (χ2n) is 7.84. The SMILES string of the molecule is Cc1cc2ncn(CC(=O)Nc3ccc(C)c(S(=O)(=O)N4CCOCC4)c3)c2cc1C. The van der Waals surface area contributed by atoms with Gasteiger partial charge in [-0.05, 0) is 61.7 Å². The van der Waals surface area contributed by atoms with Gasteiger partial charge < -0.3 is 14.6 Å². The maximum Gasteiger partial charge on any atom is 0.244 e. The number of aryl methyl sites for hydroxylation is 3. The maximum absolute atomic E-state index is 13.1. The Labute approximate surface area is 181 Å². The van der Waals surface area contributed by atoms with Gasteiger partial charge in [0.25, 0.3) is 0 Å². The zero-order chi connectivity index (χ0) is 22.2. The number of carbonyl (C=O) groups is 1. The molecule has 0 atom stereocenters. The standard InChI is InChI=1S/C22H26N4O4S/c1-15-4-5-18(12-21(15)31(28,29)26-6-8-30-9-7-26)24-22(27)13-25-14-23-19-10-16(2)17(3)11-20(19)25/h4-5,10-12,14H,6-9,13H2,1-3H3,(H,24,27). The lowest BCUT2D eigenvalue weighted by Gasteiger charge is -2.26. The number of carbonyl (C=O) groups excluding carboxylic acids is 1. The molecule has 1 saturated heterocycles. The van der Waals surface area contributed by atoms with Crippen LogP contribution in [0.25, 0.3) is 11.0 Å². The summed E-state index contributed by atoms with van der Waals surface area (Å²) in [7, 11) is -3.65. The predicted molar refractivity (Wildman–Crippen MR) is 119 cm³/mol. The molecule has 0 spiro atoms. The Kier molecular flexibility index (Phi) is 5.83. The van der Waals surface area contributed by atoms with Gasteiger partial charge in [-0.1, -0.05) is 6.07 Å². The molecule has 1 N–H and O–H groups in total. The number of imidazole rings is 1. The number of morpholine rings is 1. The minimum Gasteiger partial charge on any atom is -0.379 e. The molecular formula is C22H26N4O4S. The fraction of sp³-hybridized carbons (Fsp3) is 0.364. The van der Waals surface area contributed by atoms with E-state index in [0.29, 0.717) is 37.6 Å². The summed E-state index contributed by atoms with van der Waals surface area (Å²) in [5.74, 6) is -0.254. The number of aromatic nitrogens is 2. The molecule has 0 bridgehead atoms. The van der Waals surface area contributed by atoms with Gasteiger partial charge in [-0.2, -0.15) is 4.31 Å². The molecule has 8 nitrogen and oxygen atoms in total. The summed E-state index contributed by atoms with van der Waals surface area (Å²) in [4.78, 5) is 17.3. The summed E-state index contributed by atoms with van der Waals surface area (Å²) in [5, 5.41) is 2.82. The van der Waals surface area contributed by atoms with E-state index in [1.807, 2.05) is 26.0 Å². The van der Waals surface area contributed by atoms with E-state index >= 15 is 0 Å². The van der Waals surface area contributed by atoms with Gasteiger partial charge in [0.2, 0.25) is 15.9 Å². The van der Waals surface area contributed by atoms with Crippen molar-refractivity contribution in [1.29, 1.82) is 0 Å². The van der Waals surface area contributed by atoms with Crippen molar-refractivity contribution in [2.45, 2.75) is 32.2 Å². The summed E-state index contributed by atoms with van der Waals surface area (Å²) in [6.07, 6.45) is 1.65. The predicted octanol–water partition coefficient (Wildman–Crippen LogP) is 2.62. The molecule has 1 aliphatic rings. The van der Waals surface area contributed by atoms with Gasteiger partial charge >= 0.3 is 0 Å². The van der Waals surface area contributed by atoms with Crippen LogP contribution in [0.4, 0.5) is 5.69 Å². The summed E-state index contributed by atoms with van der Waals surface area (Å²) >= 11 is 0. The molecule has 0 saturated carbocycles. The van der Waals surface area contributed by atoms with Crippen molar-refractivity contribution in [1.82, 2.24) is 13.9 Å². The van der Waals surface area contributed by atoms with Crippen LogP contribution >= 0.6 is 0 Å². The quantitative estimate of drug-likeness (QED) is 0.656. The number of rotatable bonds is 5. The second kappa shape index (κ2) is 8.41. The number of sulfonamides is 1. The smallest absolute Gasteiger partial charge is 0.244 e. The van der Waals surface area contributed by atoms with Crippen molar-refractivity contribution in [2.24, 2.45) is 0 Å². The molecule has 31 heavy (non-hydrogen) atoms. The molecule has 9 heteroatoms. The van der Waals surface area contributed by atoms with Crippen molar-refractivity contribution >= 4 is 32.7 Å². The average molecular weight is 443 g/mol. The van der Waals surface area contributed by atoms with Crippen LogP contribution in [0, 0.1) is 20.8 Å². The first-order valence-electron chi connectivity index (χ1n) is 10.2. The van der Waals surface area contributed by atoms with Crippen LogP contribution in [-0.2, 0) is 26.1 Å². The van der Waals surface area contributed by atoms with E-state index in [1.54, 1.807) is 30.0 Å². The highest BCUT2D eigenvalue weighted by atomic mass is 32.2. The molecule has 2 heterocycles. The zero-order valence-electron chi connectivity index (χ0n) is 17.9. The molecule has 1 amide bonds. The summed E-state index contributed by atoms with van der Waals surface area (Å²) < 4.78 is 34.6. The molecule has 4 rings (SSSR count). The van der Waals surface area contributed by atoms with Crippen LogP contribution in [0.1, 0.15) is 16.7 Å². The first-order valence-corrected chi connectivity index (χ1v) is 11.6. The van der Waals surface area contributed by atoms with Gasteiger partial charge in [0.15, 0.2) is 0 Å². The van der Waals surface area contributed by atoms with Gasteiger partial charge in [0.1, 0.15) is 6.54 Å². The topological polar surface area (TPSA) is 93.5 Å². The normalized spacial score (nSPS) is 15.3. The van der Waals surface area contributed by atoms with E-state index < -0.39 is 10.0 Å². The monoisotopic (exact) mass is 442 g/mol. The third kappa shape index (κ3) is 4.34. The van der Waals surface area contributed by atoms with E-state index in [0.717, 1.165) is 22.2 Å². The van der Waals surface area contributed by atoms with E-state index in [4.69, 9.17) is 4.74 Å². The molecule has 2 aromatic carbocycles. The largest absolute Gasteiger partial charge is 0.379 e. The molecule has 0 radical (unpaired) electrons. The van der Waals surface area contributed by atoms with Crippen LogP contribution in [0.3, 0.4) is 0 Å². The van der Waals surface area contributed by atoms with Crippen molar-refractivity contribution in [3.8, 4) is 0 Å². The van der Waals surface area contributed by atoms with E-state index in [2.05, 4.69) is 10.3 Å². The number of hydrogen-bond donors (Lipinski definition) is 1. The van der Waals surface area contributed by atoms with E-state index in [-0.39, 0.29) is 17.3 Å². The minimum atomic E-state index is -3.65. The number of ether oxygens (including phenoxy) is 1. The number of hydrogen-bond acceptors (Lipinski definition) is 5. The third-order valence-electron chi connectivity index (χ3n) is 5.61. The molecule has 3 aromatic rings. The first-order chi connectivity index (χ1) is 14.8. The zero-order valence-corrected chi connectivity index (χ0v) is 18.7. The van der Waals surface area contributed by atoms with Gasteiger partial charge in [-0.3, -0.25) is 4.79 Å². The lowest BCUT2D eigenvalue weighted by Crippen LogP contribution is -2.40. The van der Waals surface area contributed by atoms with Gasteiger partial charge in [-0.25, -0.2) is 13.4 Å². The average Bonchev–Trinajstić information content (AvgIpc) is 3.11. The Morgan fingerprint density at radius 3 is 2.52 bits per heavy atom. The fourth-order valence-electron chi connectivity index (χ4n) is 3.68. The Bertz CT molecular complexity index is 1240. The maximum atomic E-state index is 13.1. The highest BCUT2D eigenvalue weighted by molar-refractivity contribution is 7.89. The summed E-state index contributed by atoms with van der Waals surface area (Å²) in [6.45, 7) is 7.30. The van der Waals surface area contributed by atoms with Crippen LogP contribution in [0.5, 0.6) is 0 Å². The Morgan fingerprint density at radius 2 is 1.77 bits per heavy atom. The molecule has 1 aliphatic heterocycles. The lowest BCUT2D eigenvalue weighted by molar-refractivity contribution is -0.116. The van der Waals surface area contributed by atoms with Gasteiger partial charge in [-0.15, -0.1) is 0 Å². The molecule has 1 aromatic heterocycles.